The molecule has 258 valence electrons. The predicted octanol–water partition coefficient (Wildman–Crippen LogP) is 11.1. The summed E-state index contributed by atoms with van der Waals surface area (Å²) in [5.41, 5.74) is 0. The molecule has 7 saturated carbocycles. The zero-order valence-electron chi connectivity index (χ0n) is 29.5. The number of fused-ring (bicyclic) bond motifs is 10. The molecule has 3 heteroatoms. The van der Waals surface area contributed by atoms with Crippen LogP contribution >= 0.6 is 11.8 Å². The second-order valence-electron chi connectivity index (χ2n) is 19.4. The van der Waals surface area contributed by atoms with Gasteiger partial charge in [-0.1, -0.05) is 77.0 Å². The fourth-order valence-electron chi connectivity index (χ4n) is 15.9. The molecule has 0 N–H and O–H groups in total. The van der Waals surface area contributed by atoms with E-state index in [9.17, 15) is 0 Å². The maximum absolute atomic E-state index is 7.47. The normalized spacial score (nSPS) is 54.5. The monoisotopic (exact) mass is 648 g/mol. The lowest BCUT2D eigenvalue weighted by Crippen LogP contribution is -2.57. The highest BCUT2D eigenvalue weighted by molar-refractivity contribution is 8.00. The summed E-state index contributed by atoms with van der Waals surface area (Å²) in [6, 6.07) is 2.55. The van der Waals surface area contributed by atoms with Gasteiger partial charge in [0.05, 0.1) is 12.2 Å². The fourth-order valence-corrected chi connectivity index (χ4v) is 18.0. The van der Waals surface area contributed by atoms with Gasteiger partial charge in [0.25, 0.3) is 0 Å². The minimum Gasteiger partial charge on any atom is -0.373 e. The zero-order valence-corrected chi connectivity index (χ0v) is 30.3. The molecule has 0 bridgehead atoms. The summed E-state index contributed by atoms with van der Waals surface area (Å²) in [5, 5.41) is 2.05. The van der Waals surface area contributed by atoms with Crippen LogP contribution in [0.2, 0.25) is 0 Å². The summed E-state index contributed by atoms with van der Waals surface area (Å²) < 4.78 is 7.47. The molecule has 10 fully saturated rings. The molecule has 2 nitrogen and oxygen atoms in total. The highest BCUT2D eigenvalue weighted by Gasteiger charge is 2.65. The Hall–Kier alpha value is 0.270. The number of likely N-dealkylation sites (tertiary alicyclic amines) is 1. The van der Waals surface area contributed by atoms with E-state index in [1.54, 1.807) is 70.6 Å². The van der Waals surface area contributed by atoms with Crippen LogP contribution in [0.3, 0.4) is 0 Å². The molecule has 14 atom stereocenters. The summed E-state index contributed by atoms with van der Waals surface area (Å²) in [5.74, 6) is 10.1. The molecule has 10 rings (SSSR count). The third-order valence-electron chi connectivity index (χ3n) is 17.7. The molecule has 10 aliphatic rings. The number of hydrogen-bond acceptors (Lipinski definition) is 3. The molecule has 14 unspecified atom stereocenters. The minimum absolute atomic E-state index is 0.584. The molecule has 0 aromatic carbocycles. The average Bonchev–Trinajstić information content (AvgIpc) is 3.71. The summed E-state index contributed by atoms with van der Waals surface area (Å²) in [6.07, 6.45) is 41.0. The molecule has 0 aromatic rings. The molecule has 0 spiro atoms. The van der Waals surface area contributed by atoms with Gasteiger partial charge in [0, 0.05) is 28.6 Å². The van der Waals surface area contributed by atoms with E-state index in [4.69, 9.17) is 4.74 Å². The van der Waals surface area contributed by atoms with E-state index in [0.29, 0.717) is 12.2 Å². The molecule has 3 heterocycles. The first-order chi connectivity index (χ1) is 22.8. The molecule has 7 aliphatic carbocycles. The number of hydrogen-bond donors (Lipinski definition) is 0. The molecule has 3 saturated heterocycles. The Labute approximate surface area is 287 Å². The van der Waals surface area contributed by atoms with E-state index in [-0.39, 0.29) is 0 Å². The van der Waals surface area contributed by atoms with Gasteiger partial charge in [0.1, 0.15) is 0 Å². The smallest absolute Gasteiger partial charge is 0.0769 e. The summed E-state index contributed by atoms with van der Waals surface area (Å²) >= 11 is 2.51. The summed E-state index contributed by atoms with van der Waals surface area (Å²) in [6.45, 7) is 0. The van der Waals surface area contributed by atoms with Crippen molar-refractivity contribution >= 4 is 11.8 Å². The van der Waals surface area contributed by atoms with Gasteiger partial charge in [0.2, 0.25) is 0 Å². The lowest BCUT2D eigenvalue weighted by molar-refractivity contribution is -0.0876. The van der Waals surface area contributed by atoms with E-state index in [0.717, 1.165) is 87.8 Å². The number of thioether (sulfide) groups is 1. The predicted molar refractivity (Wildman–Crippen MR) is 192 cm³/mol. The standard InChI is InChI=1S/C43H69NOS/c1-3-11-27(12-4-1)28-19-22-30(23-20-28)44-37-16-9-7-15-33(37)41-34(26-36-31-13-8-10-17-38(31)45-43(36)42(41)44)29-21-24-40-35(25-29)32-14-5-2-6-18-39(32)46-40/h27-43H,1-26H2. The van der Waals surface area contributed by atoms with Gasteiger partial charge >= 0.3 is 0 Å². The van der Waals surface area contributed by atoms with Crippen LogP contribution in [-0.4, -0.2) is 45.7 Å². The minimum atomic E-state index is 0.584. The van der Waals surface area contributed by atoms with E-state index in [1.165, 1.54) is 96.3 Å². The number of ether oxygens (including phenoxy) is 1. The summed E-state index contributed by atoms with van der Waals surface area (Å²) in [4.78, 5) is 3.37. The van der Waals surface area contributed by atoms with Crippen molar-refractivity contribution in [3.8, 4) is 0 Å². The third kappa shape index (κ3) is 5.28. The Kier molecular flexibility index (Phi) is 8.85. The van der Waals surface area contributed by atoms with E-state index < -0.39 is 0 Å². The van der Waals surface area contributed by atoms with Gasteiger partial charge in [-0.05, 0) is 149 Å². The SMILES string of the molecule is C1CCC(C2CCC(N3C4CCCCC4C4C(C5CCC6SC7CCCCCC7C6C5)CC5C6CCCCC6OC5C43)CC2)CC1. The number of rotatable bonds is 3. The first kappa shape index (κ1) is 31.0. The Morgan fingerprint density at radius 3 is 1.96 bits per heavy atom. The molecule has 0 radical (unpaired) electrons. The molecule has 0 aromatic heterocycles. The second kappa shape index (κ2) is 13.1. The van der Waals surface area contributed by atoms with Crippen LogP contribution in [-0.2, 0) is 4.74 Å². The van der Waals surface area contributed by atoms with Crippen molar-refractivity contribution in [3.05, 3.63) is 0 Å². The van der Waals surface area contributed by atoms with Crippen LogP contribution in [0.15, 0.2) is 0 Å². The Balaban J connectivity index is 0.955. The van der Waals surface area contributed by atoms with E-state index in [1.807, 2.05) is 0 Å². The van der Waals surface area contributed by atoms with Crippen LogP contribution in [0.25, 0.3) is 0 Å². The van der Waals surface area contributed by atoms with Gasteiger partial charge in [0.15, 0.2) is 0 Å². The first-order valence-electron chi connectivity index (χ1n) is 21.9. The average molecular weight is 648 g/mol. The maximum Gasteiger partial charge on any atom is 0.0769 e. The van der Waals surface area contributed by atoms with E-state index >= 15 is 0 Å². The molecule has 46 heavy (non-hydrogen) atoms. The van der Waals surface area contributed by atoms with Crippen molar-refractivity contribution in [3.63, 3.8) is 0 Å². The Morgan fingerprint density at radius 2 is 1.09 bits per heavy atom. The van der Waals surface area contributed by atoms with Crippen LogP contribution in [0, 0.1) is 59.2 Å². The van der Waals surface area contributed by atoms with Crippen molar-refractivity contribution in [2.45, 2.75) is 208 Å². The van der Waals surface area contributed by atoms with Gasteiger partial charge in [-0.25, -0.2) is 0 Å². The number of nitrogens with zero attached hydrogens (tertiary/aromatic N) is 1. The van der Waals surface area contributed by atoms with E-state index in [2.05, 4.69) is 16.7 Å². The molecule has 0 amide bonds. The van der Waals surface area contributed by atoms with Gasteiger partial charge in [-0.3, -0.25) is 4.90 Å². The largest absolute Gasteiger partial charge is 0.373 e. The van der Waals surface area contributed by atoms with Crippen molar-refractivity contribution in [2.24, 2.45) is 59.2 Å². The van der Waals surface area contributed by atoms with Gasteiger partial charge in [-0.2, -0.15) is 11.8 Å². The van der Waals surface area contributed by atoms with Gasteiger partial charge < -0.3 is 4.74 Å². The third-order valence-corrected chi connectivity index (χ3v) is 19.6. The van der Waals surface area contributed by atoms with Crippen molar-refractivity contribution < 1.29 is 4.74 Å². The Morgan fingerprint density at radius 1 is 0.435 bits per heavy atom. The molecular weight excluding hydrogens is 579 g/mol. The van der Waals surface area contributed by atoms with Gasteiger partial charge in [-0.15, -0.1) is 0 Å². The van der Waals surface area contributed by atoms with Crippen molar-refractivity contribution in [1.82, 2.24) is 4.90 Å². The van der Waals surface area contributed by atoms with Crippen LogP contribution < -0.4 is 0 Å². The van der Waals surface area contributed by atoms with Crippen LogP contribution in [0.4, 0.5) is 0 Å². The van der Waals surface area contributed by atoms with Crippen molar-refractivity contribution in [1.29, 1.82) is 0 Å². The lowest BCUT2D eigenvalue weighted by Gasteiger charge is -2.51. The molecular formula is C43H69NOS. The lowest BCUT2D eigenvalue weighted by atomic mass is 9.56. The fraction of sp³-hybridized carbons (Fsp3) is 1.00. The highest BCUT2D eigenvalue weighted by Crippen LogP contribution is 2.64. The summed E-state index contributed by atoms with van der Waals surface area (Å²) in [7, 11) is 0. The first-order valence-corrected chi connectivity index (χ1v) is 22.8. The van der Waals surface area contributed by atoms with Crippen LogP contribution in [0.1, 0.15) is 167 Å². The Bertz CT molecular complexity index is 1050. The van der Waals surface area contributed by atoms with Crippen molar-refractivity contribution in [2.75, 3.05) is 0 Å². The molecule has 3 aliphatic heterocycles. The quantitative estimate of drug-likeness (QED) is 0.302. The highest BCUT2D eigenvalue weighted by atomic mass is 32.2. The second-order valence-corrected chi connectivity index (χ2v) is 20.9. The zero-order chi connectivity index (χ0) is 30.2. The maximum atomic E-state index is 7.47. The van der Waals surface area contributed by atoms with Crippen LogP contribution in [0.5, 0.6) is 0 Å². The topological polar surface area (TPSA) is 12.5 Å².